The summed E-state index contributed by atoms with van der Waals surface area (Å²) in [6, 6.07) is 7.34. The van der Waals surface area contributed by atoms with Crippen molar-refractivity contribution in [1.82, 2.24) is 4.90 Å². The average Bonchev–Trinajstić information content (AvgIpc) is 2.67. The summed E-state index contributed by atoms with van der Waals surface area (Å²) in [4.78, 5) is 25.4. The lowest BCUT2D eigenvalue weighted by Crippen LogP contribution is -2.55. The van der Waals surface area contributed by atoms with Crippen molar-refractivity contribution in [3.8, 4) is 5.75 Å². The Hall–Kier alpha value is -1.79. The molecular weight excluding hydrogens is 264 g/mol. The lowest BCUT2D eigenvalue weighted by Gasteiger charge is -2.08. The Bertz CT molecular complexity index is 542. The maximum Gasteiger partial charge on any atom is 0.293 e. The molecule has 0 spiro atoms. The molecule has 0 radical (unpaired) electrons. The van der Waals surface area contributed by atoms with Gasteiger partial charge < -0.3 is 10.5 Å². The first kappa shape index (κ1) is 13.6. The van der Waals surface area contributed by atoms with Gasteiger partial charge in [0.15, 0.2) is 0 Å². The number of quaternary nitrogens is 1. The van der Waals surface area contributed by atoms with E-state index in [4.69, 9.17) is 4.74 Å². The number of ether oxygens (including phenoxy) is 1. The van der Waals surface area contributed by atoms with E-state index in [-0.39, 0.29) is 11.1 Å². The summed E-state index contributed by atoms with van der Waals surface area (Å²) in [5.74, 6) is 0.465. The first-order valence-electron chi connectivity index (χ1n) is 5.84. The monoisotopic (exact) mass is 279 g/mol. The molecule has 0 aliphatic carbocycles. The van der Waals surface area contributed by atoms with Gasteiger partial charge >= 0.3 is 0 Å². The van der Waals surface area contributed by atoms with E-state index in [2.05, 4.69) is 5.73 Å². The van der Waals surface area contributed by atoms with Crippen LogP contribution in [0.4, 0.5) is 4.79 Å². The molecule has 0 bridgehead atoms. The summed E-state index contributed by atoms with van der Waals surface area (Å²) in [5, 5.41) is -0.234. The fourth-order valence-electron chi connectivity index (χ4n) is 1.73. The summed E-state index contributed by atoms with van der Waals surface area (Å²) in [6.45, 7) is 0.880. The number of nitrogens with zero attached hydrogens (tertiary/aromatic N) is 1. The third-order valence-electron chi connectivity index (χ3n) is 2.65. The Kier molecular flexibility index (Phi) is 4.24. The highest BCUT2D eigenvalue weighted by molar-refractivity contribution is 8.18. The summed E-state index contributed by atoms with van der Waals surface area (Å²) < 4.78 is 5.12. The van der Waals surface area contributed by atoms with Crippen LogP contribution >= 0.6 is 11.8 Å². The number of benzene rings is 1. The van der Waals surface area contributed by atoms with Crippen LogP contribution in [-0.4, -0.2) is 36.2 Å². The maximum absolute atomic E-state index is 12.0. The zero-order valence-corrected chi connectivity index (χ0v) is 11.4. The second kappa shape index (κ2) is 5.90. The van der Waals surface area contributed by atoms with Gasteiger partial charge in [0, 0.05) is 0 Å². The molecule has 2 rings (SSSR count). The largest absolute Gasteiger partial charge is 0.497 e. The zero-order chi connectivity index (χ0) is 13.8. The fourth-order valence-corrected chi connectivity index (χ4v) is 2.60. The molecule has 1 aliphatic heterocycles. The van der Waals surface area contributed by atoms with Crippen LogP contribution in [0, 0.1) is 0 Å². The van der Waals surface area contributed by atoms with Gasteiger partial charge in [-0.1, -0.05) is 12.1 Å². The van der Waals surface area contributed by atoms with Gasteiger partial charge in [0.05, 0.1) is 25.1 Å². The molecule has 1 aliphatic rings. The van der Waals surface area contributed by atoms with E-state index >= 15 is 0 Å². The molecule has 1 heterocycles. The Morgan fingerprint density at radius 3 is 2.89 bits per heavy atom. The van der Waals surface area contributed by atoms with Crippen LogP contribution in [0.3, 0.4) is 0 Å². The molecule has 2 amide bonds. The normalized spacial score (nSPS) is 17.4. The van der Waals surface area contributed by atoms with Crippen molar-refractivity contribution in [3.63, 3.8) is 0 Å². The first-order chi connectivity index (χ1) is 9.15. The highest BCUT2D eigenvalue weighted by Gasteiger charge is 2.34. The topological polar surface area (TPSA) is 74.2 Å². The van der Waals surface area contributed by atoms with Crippen LogP contribution in [0.5, 0.6) is 5.75 Å². The van der Waals surface area contributed by atoms with Crippen molar-refractivity contribution in [2.24, 2.45) is 0 Å². The van der Waals surface area contributed by atoms with Crippen molar-refractivity contribution >= 4 is 29.0 Å². The minimum Gasteiger partial charge on any atom is -0.497 e. The summed E-state index contributed by atoms with van der Waals surface area (Å²) in [5.41, 5.74) is 4.49. The van der Waals surface area contributed by atoms with E-state index in [1.165, 1.54) is 4.90 Å². The van der Waals surface area contributed by atoms with Crippen LogP contribution < -0.4 is 10.5 Å². The van der Waals surface area contributed by atoms with Gasteiger partial charge in [-0.15, -0.1) is 0 Å². The molecule has 0 unspecified atom stereocenters. The highest BCUT2D eigenvalue weighted by Crippen LogP contribution is 2.32. The molecule has 1 aromatic rings. The minimum absolute atomic E-state index is 0.234. The Morgan fingerprint density at radius 1 is 1.42 bits per heavy atom. The Labute approximate surface area is 115 Å². The number of thioether (sulfide) groups is 1. The van der Waals surface area contributed by atoms with Crippen LogP contribution in [0.15, 0.2) is 29.2 Å². The minimum atomic E-state index is -0.249. The number of carbonyl (C=O) groups excluding carboxylic acids is 2. The van der Waals surface area contributed by atoms with Crippen LogP contribution in [0.2, 0.25) is 0 Å². The molecule has 100 valence electrons. The average molecular weight is 279 g/mol. The number of rotatable bonds is 4. The molecule has 3 N–H and O–H groups in total. The highest BCUT2D eigenvalue weighted by atomic mass is 32.2. The van der Waals surface area contributed by atoms with Gasteiger partial charge in [0.2, 0.25) is 0 Å². The molecule has 0 atom stereocenters. The van der Waals surface area contributed by atoms with E-state index in [1.807, 2.05) is 24.3 Å². The maximum atomic E-state index is 12.0. The van der Waals surface area contributed by atoms with Crippen molar-refractivity contribution in [2.75, 3.05) is 20.2 Å². The van der Waals surface area contributed by atoms with Gasteiger partial charge in [-0.25, -0.2) is 0 Å². The molecule has 0 aromatic heterocycles. The lowest BCUT2D eigenvalue weighted by molar-refractivity contribution is -0.367. The second-order valence-corrected chi connectivity index (χ2v) is 4.96. The van der Waals surface area contributed by atoms with Gasteiger partial charge in [-0.05, 0) is 35.5 Å². The molecule has 6 heteroatoms. The van der Waals surface area contributed by atoms with Crippen molar-refractivity contribution in [1.29, 1.82) is 0 Å². The first-order valence-corrected chi connectivity index (χ1v) is 6.66. The van der Waals surface area contributed by atoms with Gasteiger partial charge in [0.25, 0.3) is 11.1 Å². The lowest BCUT2D eigenvalue weighted by atomic mass is 10.2. The summed E-state index contributed by atoms with van der Waals surface area (Å²) in [6.07, 6.45) is 1.70. The van der Waals surface area contributed by atoms with Crippen molar-refractivity contribution in [2.45, 2.75) is 0 Å². The predicted molar refractivity (Wildman–Crippen MR) is 73.4 cm³/mol. The zero-order valence-electron chi connectivity index (χ0n) is 10.6. The molecule has 5 nitrogen and oxygen atoms in total. The summed E-state index contributed by atoms with van der Waals surface area (Å²) in [7, 11) is 1.58. The third-order valence-corrected chi connectivity index (χ3v) is 3.55. The number of hydrogen-bond donors (Lipinski definition) is 1. The molecule has 1 aromatic carbocycles. The van der Waals surface area contributed by atoms with E-state index in [0.29, 0.717) is 23.7 Å². The number of methoxy groups -OCH3 is 1. The van der Waals surface area contributed by atoms with E-state index in [0.717, 1.165) is 17.3 Å². The molecule has 1 fully saturated rings. The van der Waals surface area contributed by atoms with Gasteiger partial charge in [-0.3, -0.25) is 14.5 Å². The van der Waals surface area contributed by atoms with E-state index in [1.54, 1.807) is 13.2 Å². The SMILES string of the molecule is COc1cccc(/C=C2/SC(=O)N(CC[NH3+])C2=O)c1. The van der Waals surface area contributed by atoms with Gasteiger partial charge in [-0.2, -0.15) is 0 Å². The smallest absolute Gasteiger partial charge is 0.293 e. The fraction of sp³-hybridized carbons (Fsp3) is 0.231. The number of carbonyl (C=O) groups is 2. The Morgan fingerprint density at radius 2 is 2.21 bits per heavy atom. The van der Waals surface area contributed by atoms with E-state index < -0.39 is 0 Å². The second-order valence-electron chi connectivity index (χ2n) is 3.96. The van der Waals surface area contributed by atoms with Crippen LogP contribution in [-0.2, 0) is 4.79 Å². The van der Waals surface area contributed by atoms with Crippen LogP contribution in [0.1, 0.15) is 5.56 Å². The molecular formula is C13H15N2O3S+. The number of amides is 2. The van der Waals surface area contributed by atoms with Crippen LogP contribution in [0.25, 0.3) is 6.08 Å². The van der Waals surface area contributed by atoms with Gasteiger partial charge in [0.1, 0.15) is 5.75 Å². The number of imide groups is 1. The quantitative estimate of drug-likeness (QED) is 0.834. The Balaban J connectivity index is 2.24. The van der Waals surface area contributed by atoms with E-state index in [9.17, 15) is 9.59 Å². The molecule has 0 saturated carbocycles. The number of hydrogen-bond acceptors (Lipinski definition) is 4. The summed E-state index contributed by atoms with van der Waals surface area (Å²) >= 11 is 0.960. The third kappa shape index (κ3) is 2.97. The predicted octanol–water partition coefficient (Wildman–Crippen LogP) is 0.973. The molecule has 19 heavy (non-hydrogen) atoms. The molecule has 1 saturated heterocycles. The van der Waals surface area contributed by atoms with Crippen molar-refractivity contribution < 1.29 is 20.1 Å². The van der Waals surface area contributed by atoms with Crippen molar-refractivity contribution in [3.05, 3.63) is 34.7 Å². The standard InChI is InChI=1S/C13H14N2O3S/c1-18-10-4-2-3-9(7-10)8-11-12(16)15(6-5-14)13(17)19-11/h2-4,7-8H,5-6,14H2,1H3/p+1/b11-8+.